The lowest BCUT2D eigenvalue weighted by molar-refractivity contribution is -0.144. The first kappa shape index (κ1) is 70.3. The van der Waals surface area contributed by atoms with Gasteiger partial charge in [-0.15, -0.1) is 0 Å². The summed E-state index contributed by atoms with van der Waals surface area (Å²) in [4.78, 5) is 164. The van der Waals surface area contributed by atoms with Crippen LogP contribution in [0.25, 0.3) is 0 Å². The number of carboxylic acids is 3. The molecule has 452 valence electrons. The van der Waals surface area contributed by atoms with Gasteiger partial charge in [-0.1, -0.05) is 30.3 Å². The summed E-state index contributed by atoms with van der Waals surface area (Å²) in [5.41, 5.74) is 27.3. The van der Waals surface area contributed by atoms with Gasteiger partial charge in [0.2, 0.25) is 53.2 Å². The van der Waals surface area contributed by atoms with Crippen molar-refractivity contribution >= 4 is 83.0 Å². The molecule has 0 aliphatic carbocycles. The Morgan fingerprint density at radius 2 is 0.877 bits per heavy atom. The topological polar surface area (TPSA) is 589 Å². The lowest BCUT2D eigenvalue weighted by Gasteiger charge is -2.29. The van der Waals surface area contributed by atoms with Crippen LogP contribution in [0.2, 0.25) is 0 Å². The van der Waals surface area contributed by atoms with E-state index in [9.17, 15) is 88.2 Å². The summed E-state index contributed by atoms with van der Waals surface area (Å²) in [6, 6.07) is -7.69. The molecule has 81 heavy (non-hydrogen) atoms. The van der Waals surface area contributed by atoms with Crippen LogP contribution in [0.5, 0.6) is 0 Å². The molecule has 34 heteroatoms. The Balaban J connectivity index is 3.58. The maximum Gasteiger partial charge on any atom is 0.326 e. The van der Waals surface area contributed by atoms with Crippen LogP contribution in [0.15, 0.2) is 40.3 Å². The van der Waals surface area contributed by atoms with Crippen LogP contribution in [0, 0.1) is 0 Å². The first-order valence-corrected chi connectivity index (χ1v) is 25.1. The summed E-state index contributed by atoms with van der Waals surface area (Å²) in [6.07, 6.45) is -8.55. The number of nitrogens with zero attached hydrogens (tertiary/aromatic N) is 2. The van der Waals surface area contributed by atoms with Crippen LogP contribution in [-0.2, 0) is 64.0 Å². The van der Waals surface area contributed by atoms with Crippen molar-refractivity contribution in [2.75, 3.05) is 19.6 Å². The first-order chi connectivity index (χ1) is 37.8. The quantitative estimate of drug-likeness (QED) is 0.0167. The molecule has 1 aromatic rings. The maximum atomic E-state index is 14.3. The normalized spacial score (nSPS) is 15.3. The Morgan fingerprint density at radius 3 is 1.30 bits per heavy atom. The number of rotatable bonds is 37. The highest BCUT2D eigenvalue weighted by Crippen LogP contribution is 2.10. The Bertz CT molecular complexity index is 2400. The zero-order valence-corrected chi connectivity index (χ0v) is 45.0. The number of hydrogen-bond donors (Lipinski definition) is 20. The highest BCUT2D eigenvalue weighted by Gasteiger charge is 2.38. The smallest absolute Gasteiger partial charge is 0.326 e. The number of aliphatic carboxylic acids is 3. The SMILES string of the molecule is C[C@H](N)C(=O)NCC(=O)N[C@@H](CCC(=O)O)C(=O)N[C@H](C(=O)N[C@@H](CCCN=C(N)N)C(=O)N[C@@H](Cc1ccccc1)C(=O)N[C@H](C(=O)N[C@@H](CC(=O)O)C(=O)N[C@H](C(=O)N[C@@H](CCCN=C(N)N)C(=O)O)[C@@H](C)O)[C@@H](C)O)[C@@H](C)O. The number of nitrogens with one attached hydrogen (secondary N) is 9. The van der Waals surface area contributed by atoms with Crippen molar-refractivity contribution in [2.45, 2.75) is 152 Å². The van der Waals surface area contributed by atoms with Gasteiger partial charge in [0.05, 0.1) is 37.3 Å². The molecule has 34 nitrogen and oxygen atoms in total. The minimum atomic E-state index is -2.09. The van der Waals surface area contributed by atoms with Gasteiger partial charge >= 0.3 is 17.9 Å². The number of hydrogen-bond acceptors (Lipinski definition) is 18. The molecule has 0 heterocycles. The molecule has 0 bridgehead atoms. The number of aliphatic imine (C=N–C) groups is 2. The second-order valence-electron chi connectivity index (χ2n) is 18.5. The van der Waals surface area contributed by atoms with Gasteiger partial charge in [-0.2, -0.15) is 0 Å². The Hall–Kier alpha value is -8.76. The van der Waals surface area contributed by atoms with Crippen LogP contribution in [0.1, 0.15) is 78.2 Å². The van der Waals surface area contributed by atoms with Gasteiger partial charge < -0.3 is 107 Å². The van der Waals surface area contributed by atoms with E-state index in [1.807, 2.05) is 0 Å². The van der Waals surface area contributed by atoms with Gasteiger partial charge in [0.1, 0.15) is 48.3 Å². The van der Waals surface area contributed by atoms with Crippen LogP contribution < -0.4 is 76.5 Å². The van der Waals surface area contributed by atoms with Crippen molar-refractivity contribution < 1.29 is 88.2 Å². The fraction of sp³-hybridized carbons (Fsp3) is 0.574. The number of aliphatic hydroxyl groups excluding tert-OH is 3. The van der Waals surface area contributed by atoms with Crippen LogP contribution >= 0.6 is 0 Å². The molecular formula is C47H76N16O18. The Labute approximate surface area is 464 Å². The highest BCUT2D eigenvalue weighted by molar-refractivity contribution is 5.99. The standard InChI is InChI=1S/C47H76N16O18/c1-21(48)37(72)55-20-31(67)56-27(14-15-32(68)69)39(74)61-34(22(2)64)42(77)57-26(12-8-16-53-46(49)50)38(73)59-29(18-25-10-6-5-7-11-25)40(75)62-36(24(4)66)44(79)60-30(19-33(70)71)41(76)63-35(23(3)65)43(78)58-28(45(80)81)13-9-17-54-47(51)52/h5-7,10-11,21-24,26-30,34-36,64-66H,8-9,12-20,48H2,1-4H3,(H,55,72)(H,56,67)(H,57,77)(H,58,78)(H,59,73)(H,60,79)(H,61,74)(H,62,75)(H,63,76)(H,68,69)(H,70,71)(H,80,81)(H4,49,50,53)(H4,51,52,54)/t21-,22+,23+,24+,26-,27-,28-,29-,30-,34-,35-,36-/m0/s1. The third kappa shape index (κ3) is 27.6. The number of amides is 9. The molecule has 1 aromatic carbocycles. The predicted octanol–water partition coefficient (Wildman–Crippen LogP) is -8.76. The molecule has 9 amide bonds. The fourth-order valence-electron chi connectivity index (χ4n) is 7.12. The third-order valence-corrected chi connectivity index (χ3v) is 11.4. The lowest BCUT2D eigenvalue weighted by atomic mass is 10.0. The maximum absolute atomic E-state index is 14.3. The summed E-state index contributed by atoms with van der Waals surface area (Å²) in [5, 5.41) is 80.7. The number of nitrogens with two attached hydrogens (primary N) is 5. The van der Waals surface area contributed by atoms with E-state index in [1.165, 1.54) is 6.92 Å². The van der Waals surface area contributed by atoms with Gasteiger partial charge in [0, 0.05) is 25.9 Å². The number of guanidine groups is 2. The average Bonchev–Trinajstić information content (AvgIpc) is 3.38. The van der Waals surface area contributed by atoms with Crippen molar-refractivity contribution in [3.63, 3.8) is 0 Å². The van der Waals surface area contributed by atoms with Gasteiger partial charge in [-0.3, -0.25) is 62.7 Å². The molecule has 1 rings (SSSR count). The molecule has 0 aliphatic rings. The van der Waals surface area contributed by atoms with Crippen LogP contribution in [0.3, 0.4) is 0 Å². The van der Waals surface area contributed by atoms with Gasteiger partial charge in [-0.05, 0) is 65.4 Å². The molecule has 0 aliphatic heterocycles. The van der Waals surface area contributed by atoms with E-state index < -0.39 is 170 Å². The summed E-state index contributed by atoms with van der Waals surface area (Å²) in [5.74, 6) is -15.6. The lowest BCUT2D eigenvalue weighted by Crippen LogP contribution is -2.63. The van der Waals surface area contributed by atoms with E-state index in [0.29, 0.717) is 5.56 Å². The summed E-state index contributed by atoms with van der Waals surface area (Å²) in [7, 11) is 0. The molecule has 12 atom stereocenters. The molecule has 0 saturated carbocycles. The van der Waals surface area contributed by atoms with E-state index in [4.69, 9.17) is 28.7 Å². The summed E-state index contributed by atoms with van der Waals surface area (Å²) >= 11 is 0. The second-order valence-corrected chi connectivity index (χ2v) is 18.5. The van der Waals surface area contributed by atoms with Crippen LogP contribution in [-0.4, -0.2) is 206 Å². The van der Waals surface area contributed by atoms with E-state index in [1.54, 1.807) is 30.3 Å². The number of benzene rings is 1. The fourth-order valence-corrected chi connectivity index (χ4v) is 7.12. The Morgan fingerprint density at radius 1 is 0.481 bits per heavy atom. The third-order valence-electron chi connectivity index (χ3n) is 11.4. The predicted molar refractivity (Wildman–Crippen MR) is 284 cm³/mol. The molecule has 0 unspecified atom stereocenters. The summed E-state index contributed by atoms with van der Waals surface area (Å²) in [6.45, 7) is 3.66. The average molecular weight is 1150 g/mol. The molecule has 0 fully saturated rings. The van der Waals surface area contributed by atoms with Crippen molar-refractivity contribution in [3.8, 4) is 0 Å². The van der Waals surface area contributed by atoms with Crippen molar-refractivity contribution in [2.24, 2.45) is 38.7 Å². The van der Waals surface area contributed by atoms with Crippen molar-refractivity contribution in [1.29, 1.82) is 0 Å². The first-order valence-electron chi connectivity index (χ1n) is 25.1. The van der Waals surface area contributed by atoms with Crippen molar-refractivity contribution in [1.82, 2.24) is 47.9 Å². The Kier molecular flexibility index (Phi) is 31.0. The van der Waals surface area contributed by atoms with E-state index in [0.717, 1.165) is 20.8 Å². The van der Waals surface area contributed by atoms with E-state index >= 15 is 0 Å². The second kappa shape index (κ2) is 35.7. The van der Waals surface area contributed by atoms with E-state index in [-0.39, 0.29) is 57.1 Å². The molecule has 0 saturated heterocycles. The summed E-state index contributed by atoms with van der Waals surface area (Å²) < 4.78 is 0. The van der Waals surface area contributed by atoms with Crippen LogP contribution in [0.4, 0.5) is 0 Å². The molecule has 0 radical (unpaired) electrons. The van der Waals surface area contributed by atoms with Gasteiger partial charge in [-0.25, -0.2) is 4.79 Å². The monoisotopic (exact) mass is 1150 g/mol. The molecule has 25 N–H and O–H groups in total. The minimum absolute atomic E-state index is 0.0135. The zero-order valence-electron chi connectivity index (χ0n) is 45.0. The van der Waals surface area contributed by atoms with Gasteiger partial charge in [0.15, 0.2) is 11.9 Å². The number of carbonyl (C=O) groups excluding carboxylic acids is 9. The molecular weight excluding hydrogens is 1080 g/mol. The molecule has 0 spiro atoms. The highest BCUT2D eigenvalue weighted by atomic mass is 16.4. The number of carbonyl (C=O) groups is 12. The van der Waals surface area contributed by atoms with Crippen molar-refractivity contribution in [3.05, 3.63) is 35.9 Å². The van der Waals surface area contributed by atoms with E-state index in [2.05, 4.69) is 57.8 Å². The zero-order chi connectivity index (χ0) is 61.7. The van der Waals surface area contributed by atoms with Gasteiger partial charge in [0.25, 0.3) is 0 Å². The minimum Gasteiger partial charge on any atom is -0.481 e. The number of aliphatic hydroxyl groups is 3. The number of carboxylic acid groups (broad SMARTS) is 3. The largest absolute Gasteiger partial charge is 0.481 e. The molecule has 0 aromatic heterocycles.